The maximum atomic E-state index is 10.9. The van der Waals surface area contributed by atoms with E-state index in [4.69, 9.17) is 10.4 Å². The number of carboxylic acids is 1. The van der Waals surface area contributed by atoms with Gasteiger partial charge in [0.2, 0.25) is 0 Å². The summed E-state index contributed by atoms with van der Waals surface area (Å²) >= 11 is 0. The molecule has 0 aromatic heterocycles. The third-order valence-electron chi connectivity index (χ3n) is 1.15. The van der Waals surface area contributed by atoms with Crippen LogP contribution in [0.25, 0.3) is 0 Å². The maximum Gasteiger partial charge on any atom is 0.304 e. The molecule has 12 heavy (non-hydrogen) atoms. The highest BCUT2D eigenvalue weighted by Gasteiger charge is 2.11. The molecular formula is C6H9NO4S. The van der Waals surface area contributed by atoms with Gasteiger partial charge >= 0.3 is 5.97 Å². The first-order valence-corrected chi connectivity index (χ1v) is 5.09. The summed E-state index contributed by atoms with van der Waals surface area (Å²) in [5, 5.41) is 16.2. The van der Waals surface area contributed by atoms with Crippen LogP contribution in [0.2, 0.25) is 0 Å². The van der Waals surface area contributed by atoms with Crippen LogP contribution < -0.4 is 0 Å². The minimum Gasteiger partial charge on any atom is -0.481 e. The molecule has 0 aromatic rings. The van der Waals surface area contributed by atoms with E-state index in [-0.39, 0.29) is 17.9 Å². The highest BCUT2D eigenvalue weighted by Crippen LogP contribution is 1.96. The molecule has 0 amide bonds. The molecule has 0 aliphatic heterocycles. The predicted octanol–water partition coefficient (Wildman–Crippen LogP) is -0.210. The summed E-state index contributed by atoms with van der Waals surface area (Å²) in [5.41, 5.74) is 0. The van der Waals surface area contributed by atoms with Crippen molar-refractivity contribution in [1.82, 2.24) is 0 Å². The van der Waals surface area contributed by atoms with Crippen LogP contribution >= 0.6 is 0 Å². The van der Waals surface area contributed by atoms with Gasteiger partial charge in [-0.25, -0.2) is 8.42 Å². The number of nitrogens with zero attached hydrogens (tertiary/aromatic N) is 1. The summed E-state index contributed by atoms with van der Waals surface area (Å²) in [6.07, 6.45) is -0.476. The number of nitriles is 1. The molecule has 0 aliphatic rings. The largest absolute Gasteiger partial charge is 0.481 e. The van der Waals surface area contributed by atoms with Gasteiger partial charge in [0.1, 0.15) is 0 Å². The van der Waals surface area contributed by atoms with E-state index < -0.39 is 22.2 Å². The average Bonchev–Trinajstić information content (AvgIpc) is 1.98. The van der Waals surface area contributed by atoms with Gasteiger partial charge in [0, 0.05) is 6.42 Å². The molecule has 0 fully saturated rings. The Hall–Kier alpha value is -1.09. The zero-order valence-electron chi connectivity index (χ0n) is 6.36. The molecule has 0 aliphatic carbocycles. The van der Waals surface area contributed by atoms with Crippen LogP contribution in [-0.2, 0) is 14.6 Å². The lowest BCUT2D eigenvalue weighted by atomic mass is 10.5. The van der Waals surface area contributed by atoms with E-state index in [1.807, 2.05) is 0 Å². The van der Waals surface area contributed by atoms with Crippen molar-refractivity contribution in [3.63, 3.8) is 0 Å². The minimum atomic E-state index is -3.34. The van der Waals surface area contributed by atoms with Crippen LogP contribution in [0, 0.1) is 11.3 Å². The first kappa shape index (κ1) is 10.9. The molecule has 0 aromatic carbocycles. The minimum absolute atomic E-state index is 0.0814. The zero-order chi connectivity index (χ0) is 9.61. The molecule has 0 unspecified atom stereocenters. The van der Waals surface area contributed by atoms with Crippen molar-refractivity contribution < 1.29 is 18.3 Å². The van der Waals surface area contributed by atoms with Gasteiger partial charge in [-0.1, -0.05) is 0 Å². The van der Waals surface area contributed by atoms with Crippen LogP contribution in [0.15, 0.2) is 0 Å². The number of sulfone groups is 1. The highest BCUT2D eigenvalue weighted by molar-refractivity contribution is 7.91. The van der Waals surface area contributed by atoms with Crippen molar-refractivity contribution in [3.05, 3.63) is 0 Å². The zero-order valence-corrected chi connectivity index (χ0v) is 7.17. The van der Waals surface area contributed by atoms with Crippen molar-refractivity contribution in [3.8, 4) is 6.07 Å². The molecule has 0 saturated carbocycles. The van der Waals surface area contributed by atoms with Crippen LogP contribution in [0.4, 0.5) is 0 Å². The summed E-state index contributed by atoms with van der Waals surface area (Å²) in [6, 6.07) is 1.68. The molecule has 5 nitrogen and oxygen atoms in total. The number of carbonyl (C=O) groups is 1. The molecule has 6 heteroatoms. The van der Waals surface area contributed by atoms with Gasteiger partial charge in [-0.3, -0.25) is 4.79 Å². The lowest BCUT2D eigenvalue weighted by Gasteiger charge is -1.97. The smallest absolute Gasteiger partial charge is 0.304 e. The molecule has 68 valence electrons. The Labute approximate surface area is 70.5 Å². The third-order valence-corrected chi connectivity index (χ3v) is 2.80. The van der Waals surface area contributed by atoms with E-state index in [1.54, 1.807) is 6.07 Å². The summed E-state index contributed by atoms with van der Waals surface area (Å²) in [5.74, 6) is -1.78. The second-order valence-electron chi connectivity index (χ2n) is 2.20. The summed E-state index contributed by atoms with van der Waals surface area (Å²) in [4.78, 5) is 9.99. The first-order valence-electron chi connectivity index (χ1n) is 3.27. The second-order valence-corrected chi connectivity index (χ2v) is 4.51. The SMILES string of the molecule is N#CCCS(=O)(=O)CCC(=O)O. The van der Waals surface area contributed by atoms with Crippen molar-refractivity contribution in [2.24, 2.45) is 0 Å². The Balaban J connectivity index is 3.91. The molecule has 0 spiro atoms. The maximum absolute atomic E-state index is 10.9. The predicted molar refractivity (Wildman–Crippen MR) is 41.1 cm³/mol. The molecule has 0 heterocycles. The van der Waals surface area contributed by atoms with Crippen LogP contribution in [0.3, 0.4) is 0 Å². The first-order chi connectivity index (χ1) is 5.48. The van der Waals surface area contributed by atoms with E-state index >= 15 is 0 Å². The number of aliphatic carboxylic acids is 1. The molecular weight excluding hydrogens is 182 g/mol. The Morgan fingerprint density at radius 3 is 2.42 bits per heavy atom. The fourth-order valence-electron chi connectivity index (χ4n) is 0.546. The quantitative estimate of drug-likeness (QED) is 0.648. The van der Waals surface area contributed by atoms with Crippen LogP contribution in [-0.4, -0.2) is 31.0 Å². The van der Waals surface area contributed by atoms with Crippen LogP contribution in [0.1, 0.15) is 12.8 Å². The van der Waals surface area contributed by atoms with Gasteiger partial charge in [-0.2, -0.15) is 5.26 Å². The molecule has 0 radical (unpaired) electrons. The fourth-order valence-corrected chi connectivity index (χ4v) is 1.64. The summed E-state index contributed by atoms with van der Waals surface area (Å²) < 4.78 is 21.8. The van der Waals surface area contributed by atoms with E-state index in [2.05, 4.69) is 0 Å². The van der Waals surface area contributed by atoms with Gasteiger partial charge in [-0.15, -0.1) is 0 Å². The molecule has 0 saturated heterocycles. The highest BCUT2D eigenvalue weighted by atomic mass is 32.2. The van der Waals surface area contributed by atoms with E-state index in [9.17, 15) is 13.2 Å². The van der Waals surface area contributed by atoms with Crippen molar-refractivity contribution >= 4 is 15.8 Å². The molecule has 1 N–H and O–H groups in total. The lowest BCUT2D eigenvalue weighted by Crippen LogP contribution is -2.13. The molecule has 0 bridgehead atoms. The van der Waals surface area contributed by atoms with Crippen molar-refractivity contribution in [2.75, 3.05) is 11.5 Å². The Bertz CT molecular complexity index is 287. The number of carboxylic acid groups (broad SMARTS) is 1. The van der Waals surface area contributed by atoms with Gasteiger partial charge < -0.3 is 5.11 Å². The number of rotatable bonds is 5. The van der Waals surface area contributed by atoms with Gasteiger partial charge in [0.25, 0.3) is 0 Å². The second kappa shape index (κ2) is 4.72. The topological polar surface area (TPSA) is 95.2 Å². The summed E-state index contributed by atoms with van der Waals surface area (Å²) in [6.45, 7) is 0. The van der Waals surface area contributed by atoms with Gasteiger partial charge in [0.15, 0.2) is 9.84 Å². The van der Waals surface area contributed by atoms with E-state index in [0.29, 0.717) is 0 Å². The normalized spacial score (nSPS) is 10.6. The van der Waals surface area contributed by atoms with E-state index in [0.717, 1.165) is 0 Å². The lowest BCUT2D eigenvalue weighted by molar-refractivity contribution is -0.136. The average molecular weight is 191 g/mol. The standard InChI is InChI=1S/C6H9NO4S/c7-3-1-4-12(10,11)5-2-6(8)9/h1-2,4-5H2,(H,8,9). The van der Waals surface area contributed by atoms with Crippen molar-refractivity contribution in [2.45, 2.75) is 12.8 Å². The molecule has 0 rings (SSSR count). The number of hydrogen-bond donors (Lipinski definition) is 1. The van der Waals surface area contributed by atoms with Crippen molar-refractivity contribution in [1.29, 1.82) is 5.26 Å². The van der Waals surface area contributed by atoms with Gasteiger partial charge in [-0.05, 0) is 0 Å². The number of hydrogen-bond acceptors (Lipinski definition) is 4. The Morgan fingerprint density at radius 2 is 2.00 bits per heavy atom. The Kier molecular flexibility index (Phi) is 4.29. The monoisotopic (exact) mass is 191 g/mol. The Morgan fingerprint density at radius 1 is 1.42 bits per heavy atom. The van der Waals surface area contributed by atoms with Crippen LogP contribution in [0.5, 0.6) is 0 Å². The third kappa shape index (κ3) is 5.68. The summed E-state index contributed by atoms with van der Waals surface area (Å²) in [7, 11) is -3.34. The molecule has 0 atom stereocenters. The van der Waals surface area contributed by atoms with Gasteiger partial charge in [0.05, 0.1) is 24.0 Å². The van der Waals surface area contributed by atoms with E-state index in [1.165, 1.54) is 0 Å². The fraction of sp³-hybridized carbons (Fsp3) is 0.667.